The van der Waals surface area contributed by atoms with Crippen LogP contribution >= 0.6 is 0 Å². The molecule has 86 valence electrons. The maximum atomic E-state index is 5.82. The van der Waals surface area contributed by atoms with E-state index >= 15 is 0 Å². The van der Waals surface area contributed by atoms with Crippen LogP contribution < -0.4 is 11.1 Å². The van der Waals surface area contributed by atoms with Gasteiger partial charge in [-0.15, -0.1) is 0 Å². The van der Waals surface area contributed by atoms with E-state index in [1.165, 1.54) is 0 Å². The van der Waals surface area contributed by atoms with E-state index in [4.69, 9.17) is 10.2 Å². The number of nitrogens with one attached hydrogen (secondary N) is 1. The van der Waals surface area contributed by atoms with Gasteiger partial charge in [-0.25, -0.2) is 0 Å². The molecule has 0 atom stereocenters. The topological polar surface area (TPSA) is 64.1 Å². The van der Waals surface area contributed by atoms with Crippen molar-refractivity contribution in [2.45, 2.75) is 32.7 Å². The number of oxazole rings is 1. The van der Waals surface area contributed by atoms with Crippen molar-refractivity contribution in [1.29, 1.82) is 0 Å². The summed E-state index contributed by atoms with van der Waals surface area (Å²) < 4.78 is 5.58. The van der Waals surface area contributed by atoms with Crippen molar-refractivity contribution in [2.75, 3.05) is 11.1 Å². The Labute approximate surface area is 94.8 Å². The van der Waals surface area contributed by atoms with Crippen molar-refractivity contribution >= 4 is 22.8 Å². The lowest BCUT2D eigenvalue weighted by Gasteiger charge is -2.11. The third-order valence-electron chi connectivity index (χ3n) is 2.76. The molecule has 1 aromatic heterocycles. The van der Waals surface area contributed by atoms with Crippen LogP contribution in [0.1, 0.15) is 26.7 Å². The minimum atomic E-state index is 0.397. The molecule has 4 nitrogen and oxygen atoms in total. The highest BCUT2D eigenvalue weighted by atomic mass is 16.4. The second-order valence-corrected chi connectivity index (χ2v) is 3.87. The number of benzene rings is 1. The highest BCUT2D eigenvalue weighted by Crippen LogP contribution is 2.24. The van der Waals surface area contributed by atoms with E-state index in [9.17, 15) is 0 Å². The first-order valence-corrected chi connectivity index (χ1v) is 5.66. The van der Waals surface area contributed by atoms with Crippen LogP contribution in [0.5, 0.6) is 0 Å². The van der Waals surface area contributed by atoms with Crippen LogP contribution in [0.4, 0.5) is 11.7 Å². The van der Waals surface area contributed by atoms with Gasteiger partial charge in [0.25, 0.3) is 6.01 Å². The molecular weight excluding hydrogens is 202 g/mol. The second-order valence-electron chi connectivity index (χ2n) is 3.87. The smallest absolute Gasteiger partial charge is 0.295 e. The lowest BCUT2D eigenvalue weighted by molar-refractivity contribution is 0.578. The number of hydrogen-bond donors (Lipinski definition) is 2. The quantitative estimate of drug-likeness (QED) is 0.776. The Morgan fingerprint density at radius 2 is 2.12 bits per heavy atom. The van der Waals surface area contributed by atoms with Gasteiger partial charge in [-0.1, -0.05) is 19.9 Å². The molecular formula is C12H17N3O. The molecule has 16 heavy (non-hydrogen) atoms. The van der Waals surface area contributed by atoms with Crippen LogP contribution in [-0.4, -0.2) is 11.0 Å². The molecule has 0 aliphatic heterocycles. The van der Waals surface area contributed by atoms with Gasteiger partial charge in [0.15, 0.2) is 5.58 Å². The number of nitrogen functional groups attached to an aromatic ring is 1. The monoisotopic (exact) mass is 219 g/mol. The fourth-order valence-corrected chi connectivity index (χ4v) is 1.70. The molecule has 0 fully saturated rings. The van der Waals surface area contributed by atoms with Gasteiger partial charge in [-0.2, -0.15) is 4.98 Å². The van der Waals surface area contributed by atoms with E-state index in [0.717, 1.165) is 23.9 Å². The van der Waals surface area contributed by atoms with Crippen LogP contribution in [0, 0.1) is 0 Å². The van der Waals surface area contributed by atoms with Crippen molar-refractivity contribution < 1.29 is 4.42 Å². The minimum absolute atomic E-state index is 0.397. The molecule has 0 radical (unpaired) electrons. The van der Waals surface area contributed by atoms with Gasteiger partial charge in [0.2, 0.25) is 0 Å². The molecule has 0 spiro atoms. The zero-order chi connectivity index (χ0) is 11.5. The molecule has 0 amide bonds. The molecule has 2 rings (SSSR count). The number of anilines is 2. The van der Waals surface area contributed by atoms with Crippen LogP contribution in [0.3, 0.4) is 0 Å². The summed E-state index contributed by atoms with van der Waals surface area (Å²) in [7, 11) is 0. The predicted molar refractivity (Wildman–Crippen MR) is 66.4 cm³/mol. The fraction of sp³-hybridized carbons (Fsp3) is 0.417. The van der Waals surface area contributed by atoms with Gasteiger partial charge in [-0.3, -0.25) is 0 Å². The van der Waals surface area contributed by atoms with Gasteiger partial charge < -0.3 is 15.5 Å². The van der Waals surface area contributed by atoms with E-state index in [1.807, 2.05) is 18.2 Å². The molecule has 0 bridgehead atoms. The second kappa shape index (κ2) is 4.43. The summed E-state index contributed by atoms with van der Waals surface area (Å²) in [6, 6.07) is 6.52. The third-order valence-corrected chi connectivity index (χ3v) is 2.76. The molecule has 4 heteroatoms. The molecule has 0 unspecified atom stereocenters. The number of nitrogens with zero attached hydrogens (tertiary/aromatic N) is 1. The Bertz CT molecular complexity index is 474. The Balaban J connectivity index is 2.29. The summed E-state index contributed by atoms with van der Waals surface area (Å²) >= 11 is 0. The van der Waals surface area contributed by atoms with E-state index in [2.05, 4.69) is 24.1 Å². The van der Waals surface area contributed by atoms with E-state index in [-0.39, 0.29) is 0 Å². The molecule has 2 aromatic rings. The van der Waals surface area contributed by atoms with Crippen molar-refractivity contribution in [2.24, 2.45) is 0 Å². The van der Waals surface area contributed by atoms with Gasteiger partial charge in [0.1, 0.15) is 5.52 Å². The third kappa shape index (κ3) is 1.96. The van der Waals surface area contributed by atoms with Crippen LogP contribution in [0.2, 0.25) is 0 Å². The van der Waals surface area contributed by atoms with Gasteiger partial charge in [0.05, 0.1) is 5.69 Å². The summed E-state index contributed by atoms with van der Waals surface area (Å²) in [5.41, 5.74) is 7.93. The van der Waals surface area contributed by atoms with Crippen molar-refractivity contribution in [3.8, 4) is 0 Å². The number of hydrogen-bond acceptors (Lipinski definition) is 4. The van der Waals surface area contributed by atoms with Gasteiger partial charge in [0, 0.05) is 6.04 Å². The number of rotatable bonds is 4. The van der Waals surface area contributed by atoms with Gasteiger partial charge in [-0.05, 0) is 25.0 Å². The molecule has 0 saturated heterocycles. The van der Waals surface area contributed by atoms with Gasteiger partial charge >= 0.3 is 0 Å². The van der Waals surface area contributed by atoms with Crippen LogP contribution in [-0.2, 0) is 0 Å². The highest BCUT2D eigenvalue weighted by Gasteiger charge is 2.10. The Kier molecular flexibility index (Phi) is 2.99. The first-order chi connectivity index (χ1) is 7.74. The molecule has 0 aliphatic carbocycles. The predicted octanol–water partition coefficient (Wildman–Crippen LogP) is 3.01. The Morgan fingerprint density at radius 1 is 1.38 bits per heavy atom. The normalized spacial score (nSPS) is 11.2. The average molecular weight is 219 g/mol. The molecule has 0 saturated carbocycles. The number of aromatic nitrogens is 1. The Morgan fingerprint density at radius 3 is 2.75 bits per heavy atom. The van der Waals surface area contributed by atoms with E-state index in [0.29, 0.717) is 17.7 Å². The Hall–Kier alpha value is -1.71. The number of nitrogens with two attached hydrogens (primary N) is 1. The summed E-state index contributed by atoms with van der Waals surface area (Å²) in [4.78, 5) is 4.35. The standard InChI is InChI=1S/C12H17N3O/c1-3-8(4-2)14-12-15-11-9(13)6-5-7-10(11)16-12/h5-8H,3-4,13H2,1-2H3,(H,14,15). The summed E-state index contributed by atoms with van der Waals surface area (Å²) in [5, 5.41) is 3.26. The van der Waals surface area contributed by atoms with E-state index in [1.54, 1.807) is 0 Å². The minimum Gasteiger partial charge on any atom is -0.423 e. The van der Waals surface area contributed by atoms with Crippen molar-refractivity contribution in [3.63, 3.8) is 0 Å². The van der Waals surface area contributed by atoms with Crippen LogP contribution in [0.25, 0.3) is 11.1 Å². The molecule has 1 heterocycles. The summed E-state index contributed by atoms with van der Waals surface area (Å²) in [6.45, 7) is 4.27. The lowest BCUT2D eigenvalue weighted by atomic mass is 10.2. The number of para-hydroxylation sites is 1. The first kappa shape index (κ1) is 10.8. The summed E-state index contributed by atoms with van der Waals surface area (Å²) in [5.74, 6) is 0. The zero-order valence-corrected chi connectivity index (χ0v) is 9.66. The average Bonchev–Trinajstić information content (AvgIpc) is 2.70. The summed E-state index contributed by atoms with van der Waals surface area (Å²) in [6.07, 6.45) is 2.09. The highest BCUT2D eigenvalue weighted by molar-refractivity contribution is 5.86. The largest absolute Gasteiger partial charge is 0.423 e. The van der Waals surface area contributed by atoms with Crippen LogP contribution in [0.15, 0.2) is 22.6 Å². The first-order valence-electron chi connectivity index (χ1n) is 5.66. The molecule has 0 aliphatic rings. The van der Waals surface area contributed by atoms with E-state index < -0.39 is 0 Å². The van der Waals surface area contributed by atoms with Crippen molar-refractivity contribution in [1.82, 2.24) is 4.98 Å². The molecule has 3 N–H and O–H groups in total. The number of fused-ring (bicyclic) bond motifs is 1. The van der Waals surface area contributed by atoms with Crippen molar-refractivity contribution in [3.05, 3.63) is 18.2 Å². The fourth-order valence-electron chi connectivity index (χ4n) is 1.70. The zero-order valence-electron chi connectivity index (χ0n) is 9.66. The SMILES string of the molecule is CCC(CC)Nc1nc2c(N)cccc2o1. The lowest BCUT2D eigenvalue weighted by Crippen LogP contribution is -2.16. The maximum absolute atomic E-state index is 5.82. The maximum Gasteiger partial charge on any atom is 0.295 e. The molecule has 1 aromatic carbocycles.